The molecule has 0 saturated heterocycles. The maximum Gasteiger partial charge on any atom is 0.252 e. The quantitative estimate of drug-likeness (QED) is 0.777. The van der Waals surface area contributed by atoms with Crippen LogP contribution in [0.1, 0.15) is 15.9 Å². The highest BCUT2D eigenvalue weighted by molar-refractivity contribution is 6.00. The van der Waals surface area contributed by atoms with Crippen LogP contribution < -0.4 is 11.5 Å². The molecule has 4 N–H and O–H groups in total. The number of carbonyl (C=O) groups is 1. The average Bonchev–Trinajstić information content (AvgIpc) is 2.55. The van der Waals surface area contributed by atoms with Crippen LogP contribution in [0.2, 0.25) is 0 Å². The summed E-state index contributed by atoms with van der Waals surface area (Å²) in [7, 11) is 0. The number of anilines is 1. The maximum absolute atomic E-state index is 11.6. The molecule has 0 spiro atoms. The van der Waals surface area contributed by atoms with Gasteiger partial charge in [-0.25, -0.2) is 4.98 Å². The van der Waals surface area contributed by atoms with Crippen molar-refractivity contribution in [3.63, 3.8) is 0 Å². The van der Waals surface area contributed by atoms with Crippen molar-refractivity contribution in [3.05, 3.63) is 66.0 Å². The van der Waals surface area contributed by atoms with E-state index in [0.29, 0.717) is 5.69 Å². The molecule has 23 heavy (non-hydrogen) atoms. The first-order chi connectivity index (χ1) is 11.1. The van der Waals surface area contributed by atoms with E-state index >= 15 is 0 Å². The lowest BCUT2D eigenvalue weighted by Gasteiger charge is -2.13. The third-order valence-corrected chi connectivity index (χ3v) is 3.60. The van der Waals surface area contributed by atoms with Gasteiger partial charge in [-0.05, 0) is 36.8 Å². The van der Waals surface area contributed by atoms with Crippen molar-refractivity contribution in [2.24, 2.45) is 5.73 Å². The Labute approximate surface area is 134 Å². The number of pyridine rings is 2. The molecule has 3 aromatic rings. The summed E-state index contributed by atoms with van der Waals surface area (Å²) in [5.74, 6) is -0.465. The van der Waals surface area contributed by atoms with Crippen molar-refractivity contribution in [2.75, 3.05) is 5.73 Å². The topological polar surface area (TPSA) is 94.9 Å². The summed E-state index contributed by atoms with van der Waals surface area (Å²) in [6.45, 7) is 2.01. The molecular formula is C18H16N4O. The molecule has 114 valence electrons. The van der Waals surface area contributed by atoms with Crippen molar-refractivity contribution in [1.82, 2.24) is 9.97 Å². The van der Waals surface area contributed by atoms with Gasteiger partial charge in [0.15, 0.2) is 0 Å². The molecular weight excluding hydrogens is 288 g/mol. The minimum Gasteiger partial charge on any atom is -0.383 e. The van der Waals surface area contributed by atoms with Crippen LogP contribution in [0.15, 0.2) is 54.9 Å². The molecule has 0 atom stereocenters. The van der Waals surface area contributed by atoms with Crippen LogP contribution in [-0.2, 0) is 0 Å². The lowest BCUT2D eigenvalue weighted by Crippen LogP contribution is -2.15. The van der Waals surface area contributed by atoms with E-state index in [1.165, 1.54) is 0 Å². The predicted octanol–water partition coefficient (Wildman–Crippen LogP) is 2.80. The zero-order chi connectivity index (χ0) is 16.4. The molecule has 3 rings (SSSR count). The first-order valence-electron chi connectivity index (χ1n) is 7.14. The van der Waals surface area contributed by atoms with Crippen molar-refractivity contribution < 1.29 is 4.79 Å². The molecule has 2 heterocycles. The van der Waals surface area contributed by atoms with E-state index < -0.39 is 5.91 Å². The Morgan fingerprint density at radius 2 is 1.78 bits per heavy atom. The Morgan fingerprint density at radius 1 is 1.04 bits per heavy atom. The van der Waals surface area contributed by atoms with Gasteiger partial charge in [0.05, 0.1) is 11.3 Å². The minimum atomic E-state index is -0.596. The average molecular weight is 304 g/mol. The number of primary amides is 1. The Bertz CT molecular complexity index is 875. The summed E-state index contributed by atoms with van der Waals surface area (Å²) in [6, 6.07) is 13.4. The molecule has 0 aliphatic heterocycles. The van der Waals surface area contributed by atoms with E-state index in [1.807, 2.05) is 43.3 Å². The van der Waals surface area contributed by atoms with Gasteiger partial charge in [-0.1, -0.05) is 23.8 Å². The fraction of sp³-hybridized carbons (Fsp3) is 0.0556. The first kappa shape index (κ1) is 14.7. The van der Waals surface area contributed by atoms with E-state index in [-0.39, 0.29) is 11.4 Å². The van der Waals surface area contributed by atoms with E-state index in [9.17, 15) is 4.79 Å². The molecule has 0 fully saturated rings. The van der Waals surface area contributed by atoms with Gasteiger partial charge < -0.3 is 11.5 Å². The first-order valence-corrected chi connectivity index (χ1v) is 7.14. The van der Waals surface area contributed by atoms with E-state index in [0.717, 1.165) is 22.3 Å². The lowest BCUT2D eigenvalue weighted by atomic mass is 9.97. The van der Waals surface area contributed by atoms with Gasteiger partial charge in [0.1, 0.15) is 5.82 Å². The summed E-state index contributed by atoms with van der Waals surface area (Å²) in [5.41, 5.74) is 16.0. The molecule has 0 aliphatic carbocycles. The van der Waals surface area contributed by atoms with Crippen molar-refractivity contribution in [2.45, 2.75) is 6.92 Å². The fourth-order valence-corrected chi connectivity index (χ4v) is 2.49. The molecule has 0 saturated carbocycles. The van der Waals surface area contributed by atoms with Gasteiger partial charge in [0, 0.05) is 23.5 Å². The van der Waals surface area contributed by atoms with Crippen LogP contribution in [0.25, 0.3) is 22.4 Å². The van der Waals surface area contributed by atoms with Crippen LogP contribution >= 0.6 is 0 Å². The number of hydrogen-bond acceptors (Lipinski definition) is 4. The molecule has 5 heteroatoms. The SMILES string of the molecule is Cc1cccc(-c2nc(N)c(C(N)=O)cc2-c2ccncc2)c1. The zero-order valence-electron chi connectivity index (χ0n) is 12.7. The third-order valence-electron chi connectivity index (χ3n) is 3.60. The van der Waals surface area contributed by atoms with Crippen LogP contribution in [0.5, 0.6) is 0 Å². The number of benzene rings is 1. The molecule has 2 aromatic heterocycles. The maximum atomic E-state index is 11.6. The highest BCUT2D eigenvalue weighted by Gasteiger charge is 2.16. The number of aromatic nitrogens is 2. The van der Waals surface area contributed by atoms with Crippen molar-refractivity contribution >= 4 is 11.7 Å². The molecule has 0 aliphatic rings. The molecule has 1 amide bonds. The minimum absolute atomic E-state index is 0.131. The van der Waals surface area contributed by atoms with Crippen molar-refractivity contribution in [1.29, 1.82) is 0 Å². The summed E-state index contributed by atoms with van der Waals surface area (Å²) in [6.07, 6.45) is 3.38. The third kappa shape index (κ3) is 2.89. The van der Waals surface area contributed by atoms with Gasteiger partial charge >= 0.3 is 0 Å². The highest BCUT2D eigenvalue weighted by atomic mass is 16.1. The Kier molecular flexibility index (Phi) is 3.76. The standard InChI is InChI=1S/C18H16N4O/c1-11-3-2-4-13(9-11)16-14(12-5-7-21-8-6-12)10-15(18(20)23)17(19)22-16/h2-10H,1H3,(H2,19,22)(H2,20,23). The Hall–Kier alpha value is -3.21. The number of carbonyl (C=O) groups excluding carboxylic acids is 1. The van der Waals surface area contributed by atoms with Crippen molar-refractivity contribution in [3.8, 4) is 22.4 Å². The van der Waals surface area contributed by atoms with Crippen LogP contribution in [0, 0.1) is 6.92 Å². The molecule has 0 unspecified atom stereocenters. The van der Waals surface area contributed by atoms with E-state index in [4.69, 9.17) is 11.5 Å². The monoisotopic (exact) mass is 304 g/mol. The van der Waals surface area contributed by atoms with E-state index in [1.54, 1.807) is 18.5 Å². The predicted molar refractivity (Wildman–Crippen MR) is 90.6 cm³/mol. The largest absolute Gasteiger partial charge is 0.383 e. The molecule has 5 nitrogen and oxygen atoms in total. The van der Waals surface area contributed by atoms with Gasteiger partial charge in [0.2, 0.25) is 0 Å². The van der Waals surface area contributed by atoms with Gasteiger partial charge in [-0.15, -0.1) is 0 Å². The second-order valence-electron chi connectivity index (χ2n) is 5.29. The highest BCUT2D eigenvalue weighted by Crippen LogP contribution is 2.33. The number of hydrogen-bond donors (Lipinski definition) is 2. The van der Waals surface area contributed by atoms with Crippen LogP contribution in [0.4, 0.5) is 5.82 Å². The molecule has 1 aromatic carbocycles. The zero-order valence-corrected chi connectivity index (χ0v) is 12.7. The van der Waals surface area contributed by atoms with Crippen LogP contribution in [0.3, 0.4) is 0 Å². The summed E-state index contributed by atoms with van der Waals surface area (Å²) in [4.78, 5) is 20.1. The van der Waals surface area contributed by atoms with Gasteiger partial charge in [-0.2, -0.15) is 0 Å². The number of amides is 1. The van der Waals surface area contributed by atoms with E-state index in [2.05, 4.69) is 9.97 Å². The number of nitrogens with zero attached hydrogens (tertiary/aromatic N) is 2. The lowest BCUT2D eigenvalue weighted by molar-refractivity contribution is 0.100. The molecule has 0 radical (unpaired) electrons. The normalized spacial score (nSPS) is 10.5. The second-order valence-corrected chi connectivity index (χ2v) is 5.29. The fourth-order valence-electron chi connectivity index (χ4n) is 2.49. The molecule has 0 bridgehead atoms. The Balaban J connectivity index is 2.30. The summed E-state index contributed by atoms with van der Waals surface area (Å²) in [5, 5.41) is 0. The second kappa shape index (κ2) is 5.88. The number of rotatable bonds is 3. The summed E-state index contributed by atoms with van der Waals surface area (Å²) < 4.78 is 0. The number of nitrogen functional groups attached to an aromatic ring is 1. The number of nitrogens with two attached hydrogens (primary N) is 2. The van der Waals surface area contributed by atoms with Gasteiger partial charge in [-0.3, -0.25) is 9.78 Å². The Morgan fingerprint density at radius 3 is 2.43 bits per heavy atom. The summed E-state index contributed by atoms with van der Waals surface area (Å²) >= 11 is 0. The van der Waals surface area contributed by atoms with Crippen LogP contribution in [-0.4, -0.2) is 15.9 Å². The smallest absolute Gasteiger partial charge is 0.252 e. The van der Waals surface area contributed by atoms with Gasteiger partial charge in [0.25, 0.3) is 5.91 Å². The number of aryl methyl sites for hydroxylation is 1.